The van der Waals surface area contributed by atoms with Gasteiger partial charge in [-0.05, 0) is 26.7 Å². The van der Waals surface area contributed by atoms with Gasteiger partial charge in [-0.2, -0.15) is 0 Å². The highest BCUT2D eigenvalue weighted by molar-refractivity contribution is 7.63. The Bertz CT molecular complexity index is 337. The first-order valence-electron chi connectivity index (χ1n) is 6.20. The molecule has 0 aromatic rings. The lowest BCUT2D eigenvalue weighted by molar-refractivity contribution is 0.0324. The Morgan fingerprint density at radius 1 is 1.21 bits per heavy atom. The number of aliphatic hydroxyl groups excluding tert-OH is 1. The van der Waals surface area contributed by atoms with Crippen molar-refractivity contribution in [2.75, 3.05) is 59.0 Å². The first-order valence-corrected chi connectivity index (χ1v) is 11.8. The lowest BCUT2D eigenvalue weighted by Crippen LogP contribution is -2.36. The van der Waals surface area contributed by atoms with Crippen LogP contribution < -0.4 is 0 Å². The van der Waals surface area contributed by atoms with Crippen molar-refractivity contribution in [1.29, 1.82) is 0 Å². The van der Waals surface area contributed by atoms with E-state index in [0.717, 1.165) is 0 Å². The Morgan fingerprint density at radius 3 is 2.05 bits per heavy atom. The van der Waals surface area contributed by atoms with Crippen LogP contribution in [0.5, 0.6) is 0 Å². The molecule has 0 rings (SSSR count). The van der Waals surface area contributed by atoms with Gasteiger partial charge in [0.1, 0.15) is 0 Å². The topological polar surface area (TPSA) is 66.8 Å². The van der Waals surface area contributed by atoms with Gasteiger partial charge in [0.05, 0.1) is 46.2 Å². The molecule has 0 aliphatic carbocycles. The minimum absolute atomic E-state index is 0.192. The van der Waals surface area contributed by atoms with Crippen LogP contribution in [-0.4, -0.2) is 75.1 Å². The molecule has 0 saturated heterocycles. The van der Waals surface area contributed by atoms with Crippen molar-refractivity contribution < 1.29 is 19.0 Å². The summed E-state index contributed by atoms with van der Waals surface area (Å²) in [6, 6.07) is 0. The van der Waals surface area contributed by atoms with E-state index in [2.05, 4.69) is 6.58 Å². The van der Waals surface area contributed by atoms with E-state index in [1.807, 2.05) is 4.90 Å². The van der Waals surface area contributed by atoms with Crippen molar-refractivity contribution >= 4 is 14.3 Å². The monoisotopic (exact) mass is 311 g/mol. The average Bonchev–Trinajstić information content (AvgIpc) is 2.11. The molecule has 5 nitrogen and oxygen atoms in total. The lowest BCUT2D eigenvalue weighted by Gasteiger charge is -2.28. The summed E-state index contributed by atoms with van der Waals surface area (Å²) in [6.07, 6.45) is 1.65. The maximum Gasteiger partial charge on any atom is 0.0951 e. The van der Waals surface area contributed by atoms with Crippen LogP contribution in [0.3, 0.4) is 0 Å². The molecule has 0 aliphatic heterocycles. The zero-order valence-electron chi connectivity index (χ0n) is 12.4. The number of hydrogen-bond donors (Lipinski definition) is 1. The summed E-state index contributed by atoms with van der Waals surface area (Å²) < 4.78 is 29.0. The number of hydrogen-bond acceptors (Lipinski definition) is 5. The summed E-state index contributed by atoms with van der Waals surface area (Å²) in [7, 11) is -4.52. The highest BCUT2D eigenvalue weighted by Crippen LogP contribution is 2.42. The third-order valence-corrected chi connectivity index (χ3v) is 4.26. The molecule has 0 heterocycles. The van der Waals surface area contributed by atoms with Crippen molar-refractivity contribution in [3.05, 3.63) is 12.7 Å². The van der Waals surface area contributed by atoms with Gasteiger partial charge in [0.15, 0.2) is 0 Å². The summed E-state index contributed by atoms with van der Waals surface area (Å²) >= 11 is 0. The average molecular weight is 311 g/mol. The van der Waals surface area contributed by atoms with Crippen LogP contribution in [-0.2, 0) is 13.9 Å². The maximum atomic E-state index is 11.9. The lowest BCUT2D eigenvalue weighted by atomic mass is 10.3. The fourth-order valence-corrected chi connectivity index (χ4v) is 4.28. The predicted molar refractivity (Wildman–Crippen MR) is 82.4 cm³/mol. The van der Waals surface area contributed by atoms with E-state index in [0.29, 0.717) is 25.7 Å². The number of aliphatic hydroxyl groups is 1. The van der Waals surface area contributed by atoms with Crippen LogP contribution in [0.15, 0.2) is 12.7 Å². The van der Waals surface area contributed by atoms with Crippen LogP contribution in [0.2, 0.25) is 0 Å². The Morgan fingerprint density at radius 2 is 1.68 bits per heavy atom. The van der Waals surface area contributed by atoms with E-state index in [-0.39, 0.29) is 6.61 Å². The van der Waals surface area contributed by atoms with Gasteiger partial charge in [0.2, 0.25) is 0 Å². The van der Waals surface area contributed by atoms with Crippen LogP contribution in [0, 0.1) is 0 Å². The van der Waals surface area contributed by atoms with Gasteiger partial charge in [0, 0.05) is 6.54 Å². The predicted octanol–water partition coefficient (Wildman–Crippen LogP) is 2.01. The minimum atomic E-state index is -2.26. The molecule has 0 aromatic carbocycles. The van der Waals surface area contributed by atoms with E-state index in [4.69, 9.17) is 4.74 Å². The standard InChI is InChI=1S/C12H27NO4P2/c1-6-7-17-9-12(14)8-13(10-18(2,3)15)11-19(4,5)16/h6,12,14H,1,7-11H2,2-5H3. The normalized spacial score (nSPS) is 14.6. The van der Waals surface area contributed by atoms with Crippen molar-refractivity contribution in [3.8, 4) is 0 Å². The molecule has 0 radical (unpaired) electrons. The largest absolute Gasteiger partial charge is 0.389 e. The molecule has 1 unspecified atom stereocenters. The van der Waals surface area contributed by atoms with Gasteiger partial charge in [0.25, 0.3) is 0 Å². The SMILES string of the molecule is C=CCOCC(O)CN(CP(C)(C)=O)CP(C)(C)=O. The summed E-state index contributed by atoms with van der Waals surface area (Å²) in [5.41, 5.74) is 0. The quantitative estimate of drug-likeness (QED) is 0.380. The molecule has 0 amide bonds. The highest BCUT2D eigenvalue weighted by Gasteiger charge is 2.22. The second kappa shape index (κ2) is 8.39. The van der Waals surface area contributed by atoms with Gasteiger partial charge < -0.3 is 19.0 Å². The summed E-state index contributed by atoms with van der Waals surface area (Å²) in [4.78, 5) is 1.81. The Hall–Kier alpha value is 0.0800. The van der Waals surface area contributed by atoms with Gasteiger partial charge in [-0.1, -0.05) is 6.08 Å². The first kappa shape index (κ1) is 19.1. The molecule has 0 bridgehead atoms. The van der Waals surface area contributed by atoms with Crippen molar-refractivity contribution in [2.24, 2.45) is 0 Å². The molecule has 19 heavy (non-hydrogen) atoms. The van der Waals surface area contributed by atoms with E-state index >= 15 is 0 Å². The number of rotatable bonds is 10. The van der Waals surface area contributed by atoms with Gasteiger partial charge in [-0.15, -0.1) is 6.58 Å². The van der Waals surface area contributed by atoms with Gasteiger partial charge in [-0.3, -0.25) is 4.90 Å². The van der Waals surface area contributed by atoms with E-state index < -0.39 is 20.4 Å². The molecule has 1 atom stereocenters. The second-order valence-corrected chi connectivity index (χ2v) is 12.6. The second-order valence-electron chi connectivity index (χ2n) is 5.76. The van der Waals surface area contributed by atoms with E-state index in [1.54, 1.807) is 32.7 Å². The summed E-state index contributed by atoms with van der Waals surface area (Å²) in [5, 5.41) is 9.86. The molecule has 0 fully saturated rings. The van der Waals surface area contributed by atoms with Gasteiger partial charge >= 0.3 is 0 Å². The number of nitrogens with zero attached hydrogens (tertiary/aromatic N) is 1. The van der Waals surface area contributed by atoms with Crippen molar-refractivity contribution in [3.63, 3.8) is 0 Å². The molecule has 0 aliphatic rings. The Labute approximate surface area is 116 Å². The molecular formula is C12H27NO4P2. The third kappa shape index (κ3) is 12.8. The fraction of sp³-hybridized carbons (Fsp3) is 0.833. The minimum Gasteiger partial charge on any atom is -0.389 e. The molecule has 7 heteroatoms. The molecule has 1 N–H and O–H groups in total. The summed E-state index contributed by atoms with van der Waals surface area (Å²) in [5.74, 6) is 0. The van der Waals surface area contributed by atoms with E-state index in [9.17, 15) is 14.2 Å². The zero-order chi connectivity index (χ0) is 15.1. The van der Waals surface area contributed by atoms with Crippen molar-refractivity contribution in [1.82, 2.24) is 4.90 Å². The Kier molecular flexibility index (Phi) is 8.42. The van der Waals surface area contributed by atoms with Crippen LogP contribution in [0.1, 0.15) is 0 Å². The molecule has 0 spiro atoms. The molecule has 114 valence electrons. The van der Waals surface area contributed by atoms with E-state index in [1.165, 1.54) is 0 Å². The van der Waals surface area contributed by atoms with Crippen LogP contribution in [0.4, 0.5) is 0 Å². The smallest absolute Gasteiger partial charge is 0.0951 e. The summed E-state index contributed by atoms with van der Waals surface area (Å²) in [6.45, 7) is 11.2. The van der Waals surface area contributed by atoms with Crippen LogP contribution in [0.25, 0.3) is 0 Å². The third-order valence-electron chi connectivity index (χ3n) is 2.10. The zero-order valence-corrected chi connectivity index (χ0v) is 14.2. The Balaban J connectivity index is 4.44. The fourth-order valence-electron chi connectivity index (χ4n) is 1.76. The molecule has 0 aromatic heterocycles. The van der Waals surface area contributed by atoms with Crippen molar-refractivity contribution in [2.45, 2.75) is 6.10 Å². The van der Waals surface area contributed by atoms with Crippen LogP contribution >= 0.6 is 14.3 Å². The first-order chi connectivity index (χ1) is 8.53. The molecular weight excluding hydrogens is 284 g/mol. The maximum absolute atomic E-state index is 11.9. The molecule has 0 saturated carbocycles. The van der Waals surface area contributed by atoms with Gasteiger partial charge in [-0.25, -0.2) is 0 Å². The highest BCUT2D eigenvalue weighted by atomic mass is 31.2. The number of ether oxygens (including phenoxy) is 1.